The molecule has 4 atom stereocenters. The van der Waals surface area contributed by atoms with Gasteiger partial charge in [0.25, 0.3) is 5.91 Å². The van der Waals surface area contributed by atoms with Crippen molar-refractivity contribution in [2.45, 2.75) is 73.2 Å². The van der Waals surface area contributed by atoms with E-state index in [2.05, 4.69) is 22.4 Å². The van der Waals surface area contributed by atoms with Crippen molar-refractivity contribution in [3.05, 3.63) is 77.1 Å². The minimum atomic E-state index is -1.95. The van der Waals surface area contributed by atoms with E-state index in [0.717, 1.165) is 58.6 Å². The topological polar surface area (TPSA) is 156 Å². The van der Waals surface area contributed by atoms with Crippen molar-refractivity contribution < 1.29 is 35.1 Å². The van der Waals surface area contributed by atoms with E-state index < -0.39 is 36.9 Å². The van der Waals surface area contributed by atoms with Crippen LogP contribution < -0.4 is 10.1 Å². The summed E-state index contributed by atoms with van der Waals surface area (Å²) in [6.45, 7) is -0.0206. The monoisotopic (exact) mass is 657 g/mol. The van der Waals surface area contributed by atoms with E-state index in [4.69, 9.17) is 21.4 Å². The number of aliphatic hydroxyl groups is 5. The van der Waals surface area contributed by atoms with E-state index in [1.807, 2.05) is 48.8 Å². The van der Waals surface area contributed by atoms with Crippen molar-refractivity contribution in [2.24, 2.45) is 0 Å². The van der Waals surface area contributed by atoms with Crippen LogP contribution >= 0.6 is 23.4 Å². The maximum atomic E-state index is 12.5. The number of nitrogens with one attached hydrogen (secondary N) is 1. The van der Waals surface area contributed by atoms with E-state index in [1.165, 1.54) is 23.7 Å². The van der Waals surface area contributed by atoms with E-state index in [9.17, 15) is 25.2 Å². The number of aromatic nitrogens is 1. The summed E-state index contributed by atoms with van der Waals surface area (Å²) < 4.78 is 6.23. The van der Waals surface area contributed by atoms with Gasteiger partial charge in [-0.15, -0.1) is 11.8 Å². The summed E-state index contributed by atoms with van der Waals surface area (Å²) in [5.41, 5.74) is 4.03. The Morgan fingerprint density at radius 1 is 1.11 bits per heavy atom. The number of halogens is 1. The van der Waals surface area contributed by atoms with Crippen molar-refractivity contribution >= 4 is 29.3 Å². The number of carbonyl (C=O) groups excluding carboxylic acids is 1. The molecule has 1 aromatic heterocycles. The lowest BCUT2D eigenvalue weighted by Gasteiger charge is -2.27. The smallest absolute Gasteiger partial charge is 0.253 e. The summed E-state index contributed by atoms with van der Waals surface area (Å²) in [5, 5.41) is 52.8. The number of benzene rings is 2. The van der Waals surface area contributed by atoms with Crippen LogP contribution in [-0.2, 0) is 16.9 Å². The first-order valence-electron chi connectivity index (χ1n) is 15.1. The van der Waals surface area contributed by atoms with Crippen molar-refractivity contribution in [2.75, 3.05) is 26.0 Å². The zero-order chi connectivity index (χ0) is 32.1. The van der Waals surface area contributed by atoms with Gasteiger partial charge in [-0.1, -0.05) is 29.8 Å². The summed E-state index contributed by atoms with van der Waals surface area (Å²) >= 11 is 8.12. The summed E-state index contributed by atoms with van der Waals surface area (Å²) in [7, 11) is 1.48. The third kappa shape index (κ3) is 8.16. The number of hydrogen-bond donors (Lipinski definition) is 6. The quantitative estimate of drug-likeness (QED) is 0.127. The van der Waals surface area contributed by atoms with Crippen LogP contribution in [0, 0.1) is 0 Å². The lowest BCUT2D eigenvalue weighted by molar-refractivity contribution is -0.156. The first-order chi connectivity index (χ1) is 21.6. The number of carbonyl (C=O) groups is 1. The lowest BCUT2D eigenvalue weighted by atomic mass is 9.94. The van der Waals surface area contributed by atoms with Gasteiger partial charge in [-0.05, 0) is 72.7 Å². The Morgan fingerprint density at radius 3 is 2.58 bits per heavy atom. The Morgan fingerprint density at radius 2 is 1.87 bits per heavy atom. The molecule has 2 aromatic carbocycles. The number of aliphatic hydroxyl groups excluding tert-OH is 5. The van der Waals surface area contributed by atoms with Gasteiger partial charge >= 0.3 is 0 Å². The molecule has 45 heavy (non-hydrogen) atoms. The highest BCUT2D eigenvalue weighted by Gasteiger charge is 2.46. The number of pyridine rings is 1. The summed E-state index contributed by atoms with van der Waals surface area (Å²) in [6, 6.07) is 16.0. The fourth-order valence-corrected chi connectivity index (χ4v) is 6.36. The highest BCUT2D eigenvalue weighted by Crippen LogP contribution is 2.50. The normalized spacial score (nSPS) is 18.1. The lowest BCUT2D eigenvalue weighted by Crippen LogP contribution is -2.52. The molecule has 0 spiro atoms. The minimum Gasteiger partial charge on any atom is -0.490 e. The zero-order valence-electron chi connectivity index (χ0n) is 25.1. The fraction of sp³-hybridized carbons (Fsp3) is 0.455. The Labute approximate surface area is 272 Å². The molecule has 10 nitrogen and oxygen atoms in total. The first-order valence-corrected chi connectivity index (χ1v) is 16.4. The molecule has 5 rings (SSSR count). The van der Waals surface area contributed by atoms with Crippen molar-refractivity contribution in [3.8, 4) is 16.9 Å². The fourth-order valence-electron chi connectivity index (χ4n) is 5.18. The van der Waals surface area contributed by atoms with Gasteiger partial charge in [0.2, 0.25) is 0 Å². The van der Waals surface area contributed by atoms with Gasteiger partial charge in [0.1, 0.15) is 24.1 Å². The molecule has 1 amide bonds. The maximum Gasteiger partial charge on any atom is 0.253 e. The molecule has 0 radical (unpaired) electrons. The SMILES string of the molecule is CN(CCSc1ccc(Cl)c(CNC2(c3cnccc3-c3ccccc3OC3CC3)CC2)c1)C(=O)C(O)C(O)C(O)C(O)CO. The molecule has 0 saturated heterocycles. The van der Waals surface area contributed by atoms with Gasteiger partial charge in [0, 0.05) is 59.3 Å². The van der Waals surface area contributed by atoms with Gasteiger partial charge < -0.3 is 40.5 Å². The van der Waals surface area contributed by atoms with Crippen molar-refractivity contribution in [1.29, 1.82) is 0 Å². The number of thioether (sulfide) groups is 1. The molecule has 12 heteroatoms. The van der Waals surface area contributed by atoms with Crippen LogP contribution in [0.25, 0.3) is 11.1 Å². The van der Waals surface area contributed by atoms with E-state index in [1.54, 1.807) is 0 Å². The highest BCUT2D eigenvalue weighted by atomic mass is 35.5. The number of rotatable bonds is 16. The molecule has 0 bridgehead atoms. The molecule has 6 N–H and O–H groups in total. The Hall–Kier alpha value is -2.74. The van der Waals surface area contributed by atoms with Gasteiger partial charge in [-0.3, -0.25) is 9.78 Å². The van der Waals surface area contributed by atoms with Crippen LogP contribution in [0.1, 0.15) is 36.8 Å². The number of likely N-dealkylation sites (N-methyl/N-ethyl adjacent to an activating group) is 1. The maximum absolute atomic E-state index is 12.5. The van der Waals surface area contributed by atoms with Crippen LogP contribution in [0.4, 0.5) is 0 Å². The van der Waals surface area contributed by atoms with Crippen LogP contribution in [0.2, 0.25) is 5.02 Å². The number of para-hydroxylation sites is 1. The van der Waals surface area contributed by atoms with Gasteiger partial charge in [-0.25, -0.2) is 0 Å². The first kappa shape index (κ1) is 33.6. The van der Waals surface area contributed by atoms with Crippen LogP contribution in [0.5, 0.6) is 5.75 Å². The third-order valence-electron chi connectivity index (χ3n) is 8.30. The molecule has 4 unspecified atom stereocenters. The van der Waals surface area contributed by atoms with Crippen molar-refractivity contribution in [3.63, 3.8) is 0 Å². The van der Waals surface area contributed by atoms with Gasteiger partial charge in [0.05, 0.1) is 12.7 Å². The van der Waals surface area contributed by atoms with Gasteiger partial charge in [-0.2, -0.15) is 0 Å². The molecule has 3 aromatic rings. The summed E-state index contributed by atoms with van der Waals surface area (Å²) in [6.07, 6.45) is 0.751. The summed E-state index contributed by atoms with van der Waals surface area (Å²) in [4.78, 5) is 19.2. The Kier molecular flexibility index (Phi) is 11.0. The average Bonchev–Trinajstić information content (AvgIpc) is 4.01. The molecule has 2 saturated carbocycles. The second-order valence-electron chi connectivity index (χ2n) is 11.7. The predicted octanol–water partition coefficient (Wildman–Crippen LogP) is 2.71. The van der Waals surface area contributed by atoms with E-state index in [-0.39, 0.29) is 12.1 Å². The minimum absolute atomic E-state index is 0.224. The largest absolute Gasteiger partial charge is 0.490 e. The second-order valence-corrected chi connectivity index (χ2v) is 13.3. The number of hydrogen-bond acceptors (Lipinski definition) is 10. The second kappa shape index (κ2) is 14.8. The highest BCUT2D eigenvalue weighted by molar-refractivity contribution is 7.99. The molecular weight excluding hydrogens is 618 g/mol. The molecule has 1 heterocycles. The van der Waals surface area contributed by atoms with E-state index in [0.29, 0.717) is 23.4 Å². The Balaban J connectivity index is 1.20. The molecular formula is C33H40ClN3O7S. The zero-order valence-corrected chi connectivity index (χ0v) is 26.6. The number of amides is 1. The summed E-state index contributed by atoms with van der Waals surface area (Å²) in [5.74, 6) is 0.582. The molecule has 2 fully saturated rings. The molecule has 242 valence electrons. The Bertz CT molecular complexity index is 1470. The number of ether oxygens (including phenoxy) is 1. The molecule has 2 aliphatic rings. The van der Waals surface area contributed by atoms with Crippen molar-refractivity contribution in [1.82, 2.24) is 15.2 Å². The predicted molar refractivity (Wildman–Crippen MR) is 172 cm³/mol. The number of nitrogens with zero attached hydrogens (tertiary/aromatic N) is 2. The van der Waals surface area contributed by atoms with Gasteiger partial charge in [0.15, 0.2) is 6.10 Å². The molecule has 2 aliphatic carbocycles. The standard InChI is InChI=1S/C33H40ClN3O7S/c1-37(32(43)31(42)30(41)29(40)27(39)19-38)14-15-45-22-8-9-26(34)20(16-22)17-36-33(11-12-33)25-18-35-13-10-23(25)24-4-2-3-5-28(24)44-21-6-7-21/h2-5,8-10,13,16,18,21,27,29-31,36,38-42H,6-7,11-12,14-15,17,19H2,1H3. The van der Waals surface area contributed by atoms with E-state index >= 15 is 0 Å². The van der Waals surface area contributed by atoms with Crippen LogP contribution in [-0.4, -0.2) is 97.8 Å². The van der Waals surface area contributed by atoms with Crippen LogP contribution in [0.3, 0.4) is 0 Å². The average molecular weight is 658 g/mol. The third-order valence-corrected chi connectivity index (χ3v) is 9.64. The molecule has 0 aliphatic heterocycles. The van der Waals surface area contributed by atoms with Crippen LogP contribution in [0.15, 0.2) is 65.8 Å².